The number of benzene rings is 1. The fraction of sp³-hybridized carbons (Fsp3) is 0.636. The van der Waals surface area contributed by atoms with Gasteiger partial charge in [-0.15, -0.1) is 0 Å². The second-order valence-corrected chi connectivity index (χ2v) is 9.44. The average Bonchev–Trinajstić information content (AvgIpc) is 2.95. The van der Waals surface area contributed by atoms with Gasteiger partial charge in [0.25, 0.3) is 0 Å². The zero-order valence-electron chi connectivity index (χ0n) is 16.0. The third-order valence-corrected chi connectivity index (χ3v) is 5.56. The molecule has 0 aromatic heterocycles. The summed E-state index contributed by atoms with van der Waals surface area (Å²) in [4.78, 5) is 0. The maximum Gasteiger partial charge on any atom is 0.119 e. The van der Waals surface area contributed by atoms with Gasteiger partial charge in [0.15, 0.2) is 0 Å². The molecule has 1 unspecified atom stereocenters. The number of hydrogen-bond acceptors (Lipinski definition) is 2. The number of rotatable bonds is 4. The van der Waals surface area contributed by atoms with E-state index in [4.69, 9.17) is 4.74 Å². The monoisotopic (exact) mass is 327 g/mol. The molecule has 1 saturated carbocycles. The lowest BCUT2D eigenvalue weighted by molar-refractivity contribution is 0.0967. The summed E-state index contributed by atoms with van der Waals surface area (Å²) in [6.07, 6.45) is 9.14. The highest BCUT2D eigenvalue weighted by molar-refractivity contribution is 5.37. The second kappa shape index (κ2) is 6.46. The smallest absolute Gasteiger partial charge is 0.119 e. The van der Waals surface area contributed by atoms with Gasteiger partial charge in [0, 0.05) is 0 Å². The molecule has 2 aliphatic rings. The number of nitrogens with one attached hydrogen (secondary N) is 1. The summed E-state index contributed by atoms with van der Waals surface area (Å²) in [7, 11) is 0. The number of hydrogen-bond donors (Lipinski definition) is 1. The molecule has 0 bridgehead atoms. The van der Waals surface area contributed by atoms with Crippen LogP contribution in [0.4, 0.5) is 0 Å². The van der Waals surface area contributed by atoms with Crippen molar-refractivity contribution in [1.82, 2.24) is 5.32 Å². The summed E-state index contributed by atoms with van der Waals surface area (Å²) in [5.41, 5.74) is 3.75. The molecule has 1 aromatic rings. The summed E-state index contributed by atoms with van der Waals surface area (Å²) in [5.74, 6) is 1.66. The van der Waals surface area contributed by atoms with Crippen LogP contribution >= 0.6 is 0 Å². The van der Waals surface area contributed by atoms with Crippen molar-refractivity contribution in [3.63, 3.8) is 0 Å². The maximum absolute atomic E-state index is 5.99. The van der Waals surface area contributed by atoms with Crippen molar-refractivity contribution in [3.05, 3.63) is 41.6 Å². The van der Waals surface area contributed by atoms with Crippen molar-refractivity contribution in [1.29, 1.82) is 0 Å². The van der Waals surface area contributed by atoms with Crippen LogP contribution in [0, 0.1) is 17.8 Å². The molecular formula is C22H33NO. The SMILES string of the molecule is Cc1cc(OCC2CC=CN2)ccc1C1CC(C)(C)CC(C)(C)C1. The predicted octanol–water partition coefficient (Wildman–Crippen LogP) is 5.57. The van der Waals surface area contributed by atoms with E-state index < -0.39 is 0 Å². The Bertz CT molecular complexity index is 590. The zero-order chi connectivity index (χ0) is 17.4. The summed E-state index contributed by atoms with van der Waals surface area (Å²) in [6.45, 7) is 12.7. The van der Waals surface area contributed by atoms with Gasteiger partial charge in [-0.1, -0.05) is 39.8 Å². The Morgan fingerprint density at radius 1 is 1.12 bits per heavy atom. The quantitative estimate of drug-likeness (QED) is 0.780. The van der Waals surface area contributed by atoms with E-state index in [1.54, 1.807) is 0 Å². The van der Waals surface area contributed by atoms with Gasteiger partial charge in [-0.05, 0) is 78.8 Å². The molecule has 0 spiro atoms. The maximum atomic E-state index is 5.99. The van der Waals surface area contributed by atoms with E-state index in [-0.39, 0.29) is 0 Å². The molecule has 1 atom stereocenters. The predicted molar refractivity (Wildman–Crippen MR) is 102 cm³/mol. The first kappa shape index (κ1) is 17.4. The Morgan fingerprint density at radius 3 is 2.42 bits per heavy atom. The topological polar surface area (TPSA) is 21.3 Å². The van der Waals surface area contributed by atoms with Crippen LogP contribution < -0.4 is 10.1 Å². The Kier molecular flexibility index (Phi) is 4.68. The van der Waals surface area contributed by atoms with Gasteiger partial charge in [0.05, 0.1) is 6.04 Å². The second-order valence-electron chi connectivity index (χ2n) is 9.44. The average molecular weight is 328 g/mol. The van der Waals surface area contributed by atoms with Crippen LogP contribution in [0.5, 0.6) is 5.75 Å². The van der Waals surface area contributed by atoms with Crippen molar-refractivity contribution in [2.75, 3.05) is 6.61 Å². The fourth-order valence-electron chi connectivity index (χ4n) is 5.08. The molecule has 0 radical (unpaired) electrons. The van der Waals surface area contributed by atoms with E-state index in [0.29, 0.717) is 22.8 Å². The molecule has 1 aliphatic carbocycles. The summed E-state index contributed by atoms with van der Waals surface area (Å²) < 4.78 is 5.99. The number of aryl methyl sites for hydroxylation is 1. The molecule has 2 heteroatoms. The Morgan fingerprint density at radius 2 is 1.83 bits per heavy atom. The molecular weight excluding hydrogens is 294 g/mol. The largest absolute Gasteiger partial charge is 0.491 e. The van der Waals surface area contributed by atoms with Crippen LogP contribution in [-0.4, -0.2) is 12.6 Å². The first-order chi connectivity index (χ1) is 11.2. The van der Waals surface area contributed by atoms with Crippen LogP contribution in [0.1, 0.15) is 70.4 Å². The highest BCUT2D eigenvalue weighted by Gasteiger charge is 2.39. The van der Waals surface area contributed by atoms with Crippen LogP contribution in [-0.2, 0) is 0 Å². The molecule has 0 amide bonds. The molecule has 1 heterocycles. The van der Waals surface area contributed by atoms with Gasteiger partial charge in [-0.3, -0.25) is 0 Å². The first-order valence-corrected chi connectivity index (χ1v) is 9.39. The summed E-state index contributed by atoms with van der Waals surface area (Å²) in [5, 5.41) is 3.32. The van der Waals surface area contributed by atoms with Crippen LogP contribution in [0.3, 0.4) is 0 Å². The van der Waals surface area contributed by atoms with E-state index in [1.807, 2.05) is 6.20 Å². The molecule has 1 aromatic carbocycles. The molecule has 2 nitrogen and oxygen atoms in total. The Balaban J connectivity index is 1.69. The third kappa shape index (κ3) is 4.15. The highest BCUT2D eigenvalue weighted by atomic mass is 16.5. The lowest BCUT2D eigenvalue weighted by Crippen LogP contribution is -2.33. The van der Waals surface area contributed by atoms with Crippen LogP contribution in [0.15, 0.2) is 30.5 Å². The zero-order valence-corrected chi connectivity index (χ0v) is 16.0. The van der Waals surface area contributed by atoms with Crippen molar-refractivity contribution in [2.45, 2.75) is 72.3 Å². The molecule has 24 heavy (non-hydrogen) atoms. The van der Waals surface area contributed by atoms with E-state index in [9.17, 15) is 0 Å². The van der Waals surface area contributed by atoms with Gasteiger partial charge in [-0.2, -0.15) is 0 Å². The van der Waals surface area contributed by atoms with Crippen molar-refractivity contribution < 1.29 is 4.74 Å². The fourth-order valence-corrected chi connectivity index (χ4v) is 5.08. The Labute approximate surface area is 147 Å². The van der Waals surface area contributed by atoms with Crippen LogP contribution in [0.2, 0.25) is 0 Å². The minimum absolute atomic E-state index is 0.421. The van der Waals surface area contributed by atoms with E-state index >= 15 is 0 Å². The van der Waals surface area contributed by atoms with Crippen molar-refractivity contribution in [2.24, 2.45) is 10.8 Å². The molecule has 1 aliphatic heterocycles. The molecule has 0 saturated heterocycles. The molecule has 1 N–H and O–H groups in total. The number of ether oxygens (including phenoxy) is 1. The van der Waals surface area contributed by atoms with E-state index in [2.05, 4.69) is 64.2 Å². The minimum atomic E-state index is 0.421. The molecule has 1 fully saturated rings. The van der Waals surface area contributed by atoms with Gasteiger partial charge in [0.1, 0.15) is 12.4 Å². The highest BCUT2D eigenvalue weighted by Crippen LogP contribution is 2.52. The normalized spacial score (nSPS) is 25.5. The summed E-state index contributed by atoms with van der Waals surface area (Å²) >= 11 is 0. The van der Waals surface area contributed by atoms with Gasteiger partial charge in [-0.25, -0.2) is 0 Å². The standard InChI is InChI=1S/C22H33NO/c1-16-11-19(24-14-18-7-6-10-23-18)8-9-20(16)17-12-21(2,3)15-22(4,5)13-17/h6,8-11,17-18,23H,7,12-15H2,1-5H3. The van der Waals surface area contributed by atoms with Gasteiger partial charge < -0.3 is 10.1 Å². The van der Waals surface area contributed by atoms with E-state index in [0.717, 1.165) is 18.8 Å². The van der Waals surface area contributed by atoms with E-state index in [1.165, 1.54) is 30.4 Å². The summed E-state index contributed by atoms with van der Waals surface area (Å²) in [6, 6.07) is 7.13. The van der Waals surface area contributed by atoms with Crippen molar-refractivity contribution in [3.8, 4) is 5.75 Å². The minimum Gasteiger partial charge on any atom is -0.491 e. The van der Waals surface area contributed by atoms with Crippen LogP contribution in [0.25, 0.3) is 0 Å². The lowest BCUT2D eigenvalue weighted by atomic mass is 9.60. The van der Waals surface area contributed by atoms with Gasteiger partial charge in [0.2, 0.25) is 0 Å². The van der Waals surface area contributed by atoms with Gasteiger partial charge >= 0.3 is 0 Å². The van der Waals surface area contributed by atoms with Crippen molar-refractivity contribution >= 4 is 0 Å². The first-order valence-electron chi connectivity index (χ1n) is 9.39. The lowest BCUT2D eigenvalue weighted by Gasteiger charge is -2.45. The molecule has 3 rings (SSSR count). The molecule has 132 valence electrons. The third-order valence-electron chi connectivity index (χ3n) is 5.56. The Hall–Kier alpha value is -1.44.